The first-order valence-corrected chi connectivity index (χ1v) is 9.46. The Morgan fingerprint density at radius 3 is 2.37 bits per heavy atom. The Bertz CT molecular complexity index is 752. The van der Waals surface area contributed by atoms with E-state index in [4.69, 9.17) is 4.74 Å². The van der Waals surface area contributed by atoms with Crippen LogP contribution in [0.2, 0.25) is 0 Å². The molecule has 0 aliphatic carbocycles. The summed E-state index contributed by atoms with van der Waals surface area (Å²) >= 11 is 0. The lowest BCUT2D eigenvalue weighted by Gasteiger charge is -2.37. The van der Waals surface area contributed by atoms with Crippen LogP contribution in [-0.2, 0) is 11.3 Å². The summed E-state index contributed by atoms with van der Waals surface area (Å²) in [5.74, 6) is 1.08. The summed E-state index contributed by atoms with van der Waals surface area (Å²) < 4.78 is 5.46. The van der Waals surface area contributed by atoms with E-state index in [-0.39, 0.29) is 5.91 Å². The number of para-hydroxylation sites is 2. The van der Waals surface area contributed by atoms with E-state index in [1.807, 2.05) is 30.1 Å². The number of amides is 1. The number of likely N-dealkylation sites (N-methyl/N-ethyl adjacent to an activating group) is 1. The summed E-state index contributed by atoms with van der Waals surface area (Å²) in [6, 6.07) is 16.5. The lowest BCUT2D eigenvalue weighted by atomic mass is 10.1. The Balaban J connectivity index is 1.50. The zero-order valence-corrected chi connectivity index (χ0v) is 16.5. The van der Waals surface area contributed by atoms with E-state index in [0.717, 1.165) is 44.2 Å². The molecule has 5 heteroatoms. The van der Waals surface area contributed by atoms with Crippen molar-refractivity contribution in [3.63, 3.8) is 0 Å². The molecule has 0 spiro atoms. The lowest BCUT2D eigenvalue weighted by molar-refractivity contribution is -0.132. The third kappa shape index (κ3) is 5.01. The summed E-state index contributed by atoms with van der Waals surface area (Å²) in [6.07, 6.45) is 0. The van der Waals surface area contributed by atoms with Crippen molar-refractivity contribution in [2.45, 2.75) is 13.5 Å². The van der Waals surface area contributed by atoms with Gasteiger partial charge in [0.1, 0.15) is 5.75 Å². The average molecular weight is 367 g/mol. The van der Waals surface area contributed by atoms with Crippen LogP contribution >= 0.6 is 0 Å². The highest BCUT2D eigenvalue weighted by Gasteiger charge is 2.23. The molecule has 0 aromatic heterocycles. The molecule has 1 fully saturated rings. The second-order valence-electron chi connectivity index (χ2n) is 7.20. The predicted molar refractivity (Wildman–Crippen MR) is 109 cm³/mol. The van der Waals surface area contributed by atoms with Gasteiger partial charge in [0, 0.05) is 32.7 Å². The number of hydrogen-bond acceptors (Lipinski definition) is 4. The summed E-state index contributed by atoms with van der Waals surface area (Å²) in [6.45, 7) is 6.46. The molecule has 1 aliphatic heterocycles. The van der Waals surface area contributed by atoms with Gasteiger partial charge in [0.05, 0.1) is 19.3 Å². The monoisotopic (exact) mass is 367 g/mol. The van der Waals surface area contributed by atoms with Crippen LogP contribution in [0.25, 0.3) is 0 Å². The average Bonchev–Trinajstić information content (AvgIpc) is 2.69. The van der Waals surface area contributed by atoms with Gasteiger partial charge in [-0.2, -0.15) is 0 Å². The largest absolute Gasteiger partial charge is 0.495 e. The molecule has 0 unspecified atom stereocenters. The van der Waals surface area contributed by atoms with Crippen LogP contribution in [0.15, 0.2) is 48.5 Å². The minimum Gasteiger partial charge on any atom is -0.495 e. The summed E-state index contributed by atoms with van der Waals surface area (Å²) in [5, 5.41) is 0. The van der Waals surface area contributed by atoms with Crippen LogP contribution < -0.4 is 9.64 Å². The number of hydrogen-bond donors (Lipinski definition) is 0. The third-order valence-electron chi connectivity index (χ3n) is 5.04. The molecule has 0 radical (unpaired) electrons. The van der Waals surface area contributed by atoms with Crippen LogP contribution in [-0.4, -0.2) is 62.6 Å². The Morgan fingerprint density at radius 1 is 1.04 bits per heavy atom. The summed E-state index contributed by atoms with van der Waals surface area (Å²) in [5.41, 5.74) is 3.59. The van der Waals surface area contributed by atoms with E-state index in [0.29, 0.717) is 6.54 Å². The highest BCUT2D eigenvalue weighted by Crippen LogP contribution is 2.28. The number of rotatable bonds is 6. The molecule has 0 bridgehead atoms. The Labute approximate surface area is 162 Å². The van der Waals surface area contributed by atoms with Crippen LogP contribution in [0.4, 0.5) is 5.69 Å². The van der Waals surface area contributed by atoms with Crippen molar-refractivity contribution in [2.75, 3.05) is 51.8 Å². The molecule has 1 aliphatic rings. The standard InChI is InChI=1S/C22H29N3O2/c1-18-8-10-19(11-9-18)16-23(2)17-22(26)25-14-12-24(13-15-25)20-6-4-5-7-21(20)27-3/h4-11H,12-17H2,1-3H3. The fraction of sp³-hybridized carbons (Fsp3) is 0.409. The smallest absolute Gasteiger partial charge is 0.236 e. The number of nitrogens with zero attached hydrogens (tertiary/aromatic N) is 3. The fourth-order valence-corrected chi connectivity index (χ4v) is 3.48. The first kappa shape index (κ1) is 19.2. The van der Waals surface area contributed by atoms with E-state index in [1.54, 1.807) is 7.11 Å². The summed E-state index contributed by atoms with van der Waals surface area (Å²) in [7, 11) is 3.70. The van der Waals surface area contributed by atoms with Crippen molar-refractivity contribution in [1.29, 1.82) is 0 Å². The van der Waals surface area contributed by atoms with Crippen LogP contribution in [0.3, 0.4) is 0 Å². The van der Waals surface area contributed by atoms with Gasteiger partial charge in [-0.25, -0.2) is 0 Å². The molecule has 5 nitrogen and oxygen atoms in total. The van der Waals surface area contributed by atoms with Crippen molar-refractivity contribution in [2.24, 2.45) is 0 Å². The van der Waals surface area contributed by atoms with Gasteiger partial charge in [0.25, 0.3) is 0 Å². The molecule has 0 saturated carbocycles. The second-order valence-corrected chi connectivity index (χ2v) is 7.20. The minimum atomic E-state index is 0.198. The van der Waals surface area contributed by atoms with Gasteiger partial charge in [-0.15, -0.1) is 0 Å². The highest BCUT2D eigenvalue weighted by molar-refractivity contribution is 5.78. The molecular weight excluding hydrogens is 338 g/mol. The third-order valence-corrected chi connectivity index (χ3v) is 5.04. The number of methoxy groups -OCH3 is 1. The van der Waals surface area contributed by atoms with Gasteiger partial charge in [-0.3, -0.25) is 9.69 Å². The number of piperazine rings is 1. The molecule has 3 rings (SSSR count). The van der Waals surface area contributed by atoms with E-state index >= 15 is 0 Å². The zero-order chi connectivity index (χ0) is 19.2. The van der Waals surface area contributed by atoms with Gasteiger partial charge >= 0.3 is 0 Å². The SMILES string of the molecule is COc1ccccc1N1CCN(C(=O)CN(C)Cc2ccc(C)cc2)CC1. The maximum absolute atomic E-state index is 12.7. The van der Waals surface area contributed by atoms with E-state index in [1.165, 1.54) is 11.1 Å². The number of ether oxygens (including phenoxy) is 1. The predicted octanol–water partition coefficient (Wildman–Crippen LogP) is 2.78. The number of aryl methyl sites for hydroxylation is 1. The van der Waals surface area contributed by atoms with Crippen LogP contribution in [0.1, 0.15) is 11.1 Å². The van der Waals surface area contributed by atoms with Crippen molar-refractivity contribution in [3.8, 4) is 5.75 Å². The molecule has 27 heavy (non-hydrogen) atoms. The molecule has 0 N–H and O–H groups in total. The van der Waals surface area contributed by atoms with E-state index in [9.17, 15) is 4.79 Å². The van der Waals surface area contributed by atoms with Gasteiger partial charge < -0.3 is 14.5 Å². The van der Waals surface area contributed by atoms with Crippen molar-refractivity contribution < 1.29 is 9.53 Å². The van der Waals surface area contributed by atoms with Crippen LogP contribution in [0.5, 0.6) is 5.75 Å². The first-order valence-electron chi connectivity index (χ1n) is 9.46. The Kier molecular flexibility index (Phi) is 6.35. The maximum Gasteiger partial charge on any atom is 0.236 e. The number of anilines is 1. The molecule has 1 saturated heterocycles. The van der Waals surface area contributed by atoms with E-state index in [2.05, 4.69) is 47.1 Å². The van der Waals surface area contributed by atoms with Gasteiger partial charge in [0.15, 0.2) is 0 Å². The maximum atomic E-state index is 12.7. The molecular formula is C22H29N3O2. The van der Waals surface area contributed by atoms with Gasteiger partial charge in [0.2, 0.25) is 5.91 Å². The molecule has 144 valence electrons. The van der Waals surface area contributed by atoms with Crippen molar-refractivity contribution in [1.82, 2.24) is 9.80 Å². The first-order chi connectivity index (χ1) is 13.1. The molecule has 2 aromatic carbocycles. The fourth-order valence-electron chi connectivity index (χ4n) is 3.48. The molecule has 1 amide bonds. The Morgan fingerprint density at radius 2 is 1.70 bits per heavy atom. The molecule has 2 aromatic rings. The number of benzene rings is 2. The summed E-state index contributed by atoms with van der Waals surface area (Å²) in [4.78, 5) is 19.0. The number of carbonyl (C=O) groups is 1. The number of carbonyl (C=O) groups excluding carboxylic acids is 1. The minimum absolute atomic E-state index is 0.198. The van der Waals surface area contributed by atoms with E-state index < -0.39 is 0 Å². The normalized spacial score (nSPS) is 14.5. The van der Waals surface area contributed by atoms with Crippen molar-refractivity contribution >= 4 is 11.6 Å². The lowest BCUT2D eigenvalue weighted by Crippen LogP contribution is -2.51. The molecule has 1 heterocycles. The highest BCUT2D eigenvalue weighted by atomic mass is 16.5. The van der Waals surface area contributed by atoms with Crippen LogP contribution in [0, 0.1) is 6.92 Å². The van der Waals surface area contributed by atoms with Gasteiger partial charge in [-0.1, -0.05) is 42.0 Å². The van der Waals surface area contributed by atoms with Gasteiger partial charge in [-0.05, 0) is 31.7 Å². The molecule has 0 atom stereocenters. The quantitative estimate of drug-likeness (QED) is 0.787. The Hall–Kier alpha value is -2.53. The topological polar surface area (TPSA) is 36.0 Å². The second kappa shape index (κ2) is 8.91. The van der Waals surface area contributed by atoms with Crippen molar-refractivity contribution in [3.05, 3.63) is 59.7 Å². The zero-order valence-electron chi connectivity index (χ0n) is 16.5.